The molecule has 0 atom stereocenters. The van der Waals surface area contributed by atoms with Crippen LogP contribution in [0.25, 0.3) is 0 Å². The maximum atomic E-state index is 6.08. The minimum atomic E-state index is -0.170. The molecule has 2 nitrogen and oxygen atoms in total. The molecule has 2 aliphatic rings. The van der Waals surface area contributed by atoms with Crippen LogP contribution in [0.1, 0.15) is 61.2 Å². The molecule has 1 aromatic carbocycles. The summed E-state index contributed by atoms with van der Waals surface area (Å²) in [5, 5.41) is 0. The third-order valence-corrected chi connectivity index (χ3v) is 5.87. The Morgan fingerprint density at radius 3 is 1.91 bits per heavy atom. The van der Waals surface area contributed by atoms with Crippen molar-refractivity contribution in [2.24, 2.45) is 17.8 Å². The van der Waals surface area contributed by atoms with Crippen LogP contribution in [0.5, 0.6) is 0 Å². The van der Waals surface area contributed by atoms with E-state index in [0.717, 1.165) is 25.0 Å². The normalized spacial score (nSPS) is 32.9. The van der Waals surface area contributed by atoms with Gasteiger partial charge in [0.2, 0.25) is 0 Å². The van der Waals surface area contributed by atoms with Gasteiger partial charge in [0.15, 0.2) is 6.29 Å². The summed E-state index contributed by atoms with van der Waals surface area (Å²) in [6, 6.07) is 4.44. The Bertz CT molecular complexity index is 483. The molecular weight excluding hydrogens is 272 g/mol. The first-order chi connectivity index (χ1) is 10.5. The van der Waals surface area contributed by atoms with E-state index >= 15 is 0 Å². The topological polar surface area (TPSA) is 18.5 Å². The zero-order chi connectivity index (χ0) is 15.7. The highest BCUT2D eigenvalue weighted by atomic mass is 16.7. The van der Waals surface area contributed by atoms with Gasteiger partial charge in [0, 0.05) is 11.5 Å². The predicted molar refractivity (Wildman–Crippen MR) is 89.9 cm³/mol. The quantitative estimate of drug-likeness (QED) is 0.756. The minimum absolute atomic E-state index is 0.170. The zero-order valence-electron chi connectivity index (χ0n) is 14.5. The average Bonchev–Trinajstić information content (AvgIpc) is 2.53. The van der Waals surface area contributed by atoms with Gasteiger partial charge < -0.3 is 9.47 Å². The lowest BCUT2D eigenvalue weighted by Crippen LogP contribution is -2.34. The summed E-state index contributed by atoms with van der Waals surface area (Å²) < 4.78 is 12.2. The highest BCUT2D eigenvalue weighted by Gasteiger charge is 2.31. The lowest BCUT2D eigenvalue weighted by Gasteiger charge is -2.37. The molecule has 1 aliphatic heterocycles. The number of rotatable bonds is 2. The number of hydrogen-bond acceptors (Lipinski definition) is 2. The Morgan fingerprint density at radius 1 is 0.818 bits per heavy atom. The average molecular weight is 302 g/mol. The smallest absolute Gasteiger partial charge is 0.183 e. The second-order valence-corrected chi connectivity index (χ2v) is 7.56. The summed E-state index contributed by atoms with van der Waals surface area (Å²) in [4.78, 5) is 0. The van der Waals surface area contributed by atoms with E-state index in [1.54, 1.807) is 0 Å². The van der Waals surface area contributed by atoms with Crippen LogP contribution in [0.2, 0.25) is 0 Å². The van der Waals surface area contributed by atoms with Crippen molar-refractivity contribution >= 4 is 0 Å². The molecule has 0 spiro atoms. The molecule has 22 heavy (non-hydrogen) atoms. The van der Waals surface area contributed by atoms with E-state index in [-0.39, 0.29) is 6.29 Å². The molecule has 0 aromatic heterocycles. The van der Waals surface area contributed by atoms with Gasteiger partial charge in [-0.2, -0.15) is 0 Å². The Hall–Kier alpha value is -0.860. The summed E-state index contributed by atoms with van der Waals surface area (Å²) in [5.41, 5.74) is 5.20. The molecule has 0 N–H and O–H groups in total. The fourth-order valence-corrected chi connectivity index (χ4v) is 3.95. The van der Waals surface area contributed by atoms with Gasteiger partial charge in [0.25, 0.3) is 0 Å². The van der Waals surface area contributed by atoms with Crippen LogP contribution in [0.4, 0.5) is 0 Å². The van der Waals surface area contributed by atoms with E-state index in [1.807, 2.05) is 0 Å². The lowest BCUT2D eigenvalue weighted by molar-refractivity contribution is -0.214. The lowest BCUT2D eigenvalue weighted by atomic mass is 9.76. The number of aryl methyl sites for hydroxylation is 2. The van der Waals surface area contributed by atoms with Crippen molar-refractivity contribution in [3.05, 3.63) is 34.4 Å². The predicted octanol–water partition coefficient (Wildman–Crippen LogP) is 5.10. The molecule has 2 heteroatoms. The van der Waals surface area contributed by atoms with Crippen molar-refractivity contribution in [3.63, 3.8) is 0 Å². The van der Waals surface area contributed by atoms with E-state index in [9.17, 15) is 0 Å². The highest BCUT2D eigenvalue weighted by Crippen LogP contribution is 2.37. The Labute approximate surface area is 135 Å². The maximum Gasteiger partial charge on any atom is 0.183 e. The van der Waals surface area contributed by atoms with Gasteiger partial charge in [-0.3, -0.25) is 0 Å². The summed E-state index contributed by atoms with van der Waals surface area (Å²) >= 11 is 0. The third-order valence-electron chi connectivity index (χ3n) is 5.87. The Morgan fingerprint density at radius 2 is 1.36 bits per heavy atom. The van der Waals surface area contributed by atoms with Crippen LogP contribution >= 0.6 is 0 Å². The van der Waals surface area contributed by atoms with Crippen molar-refractivity contribution < 1.29 is 9.47 Å². The van der Waals surface area contributed by atoms with Crippen molar-refractivity contribution in [2.75, 3.05) is 13.2 Å². The van der Waals surface area contributed by atoms with Crippen LogP contribution in [0, 0.1) is 38.5 Å². The molecule has 0 unspecified atom stereocenters. The molecule has 1 saturated carbocycles. The molecule has 1 aliphatic carbocycles. The molecular formula is C20H30O2. The largest absolute Gasteiger partial charge is 0.348 e. The minimum Gasteiger partial charge on any atom is -0.348 e. The van der Waals surface area contributed by atoms with Crippen molar-refractivity contribution in [1.29, 1.82) is 0 Å². The van der Waals surface area contributed by atoms with Gasteiger partial charge in [0.1, 0.15) is 0 Å². The first-order valence-corrected chi connectivity index (χ1v) is 8.85. The summed E-state index contributed by atoms with van der Waals surface area (Å²) in [5.74, 6) is 2.31. The van der Waals surface area contributed by atoms with Crippen molar-refractivity contribution in [1.82, 2.24) is 0 Å². The van der Waals surface area contributed by atoms with Gasteiger partial charge in [-0.1, -0.05) is 31.9 Å². The van der Waals surface area contributed by atoms with Crippen LogP contribution in [0.15, 0.2) is 12.1 Å². The molecule has 1 heterocycles. The highest BCUT2D eigenvalue weighted by molar-refractivity contribution is 5.37. The molecule has 0 radical (unpaired) electrons. The fourth-order valence-electron chi connectivity index (χ4n) is 3.95. The van der Waals surface area contributed by atoms with Crippen LogP contribution in [-0.4, -0.2) is 13.2 Å². The van der Waals surface area contributed by atoms with Crippen molar-refractivity contribution in [2.45, 2.75) is 59.7 Å². The first kappa shape index (κ1) is 16.0. The van der Waals surface area contributed by atoms with Crippen LogP contribution < -0.4 is 0 Å². The molecule has 122 valence electrons. The molecule has 3 rings (SSSR count). The van der Waals surface area contributed by atoms with Crippen LogP contribution in [0.3, 0.4) is 0 Å². The second kappa shape index (κ2) is 6.72. The van der Waals surface area contributed by atoms with Gasteiger partial charge >= 0.3 is 0 Å². The van der Waals surface area contributed by atoms with Gasteiger partial charge in [-0.15, -0.1) is 0 Å². The molecule has 1 aromatic rings. The first-order valence-electron chi connectivity index (χ1n) is 8.85. The Balaban J connectivity index is 1.60. The number of benzene rings is 1. The SMILES string of the molecule is Cc1cc(C2OCC(C3CCC(C)CC3)CO2)cc(C)c1C. The number of hydrogen-bond donors (Lipinski definition) is 0. The second-order valence-electron chi connectivity index (χ2n) is 7.56. The molecule has 0 bridgehead atoms. The standard InChI is InChI=1S/C20H30O2/c1-13-5-7-17(8-6-13)19-11-21-20(22-12-19)18-9-14(2)16(4)15(3)10-18/h9-10,13,17,19-20H,5-8,11-12H2,1-4H3. The third kappa shape index (κ3) is 3.38. The van der Waals surface area contributed by atoms with E-state index in [0.29, 0.717) is 5.92 Å². The van der Waals surface area contributed by atoms with E-state index < -0.39 is 0 Å². The van der Waals surface area contributed by atoms with Gasteiger partial charge in [0.05, 0.1) is 13.2 Å². The maximum absolute atomic E-state index is 6.08. The summed E-state index contributed by atoms with van der Waals surface area (Å²) in [6.45, 7) is 10.6. The molecule has 1 saturated heterocycles. The summed E-state index contributed by atoms with van der Waals surface area (Å²) in [7, 11) is 0. The number of ether oxygens (including phenoxy) is 2. The van der Waals surface area contributed by atoms with Gasteiger partial charge in [-0.05, 0) is 62.1 Å². The molecule has 0 amide bonds. The van der Waals surface area contributed by atoms with E-state index in [2.05, 4.69) is 39.8 Å². The fraction of sp³-hybridized carbons (Fsp3) is 0.700. The summed E-state index contributed by atoms with van der Waals surface area (Å²) in [6.07, 6.45) is 5.29. The molecule has 2 fully saturated rings. The van der Waals surface area contributed by atoms with E-state index in [1.165, 1.54) is 47.9 Å². The zero-order valence-corrected chi connectivity index (χ0v) is 14.5. The monoisotopic (exact) mass is 302 g/mol. The Kier molecular flexibility index (Phi) is 4.89. The van der Waals surface area contributed by atoms with E-state index in [4.69, 9.17) is 9.47 Å². The van der Waals surface area contributed by atoms with Crippen LogP contribution in [-0.2, 0) is 9.47 Å². The van der Waals surface area contributed by atoms with Gasteiger partial charge in [-0.25, -0.2) is 0 Å². The van der Waals surface area contributed by atoms with Crippen molar-refractivity contribution in [3.8, 4) is 0 Å².